The Morgan fingerprint density at radius 1 is 1.29 bits per heavy atom. The number of hydrogen-bond donors (Lipinski definition) is 2. The molecular weight excluding hydrogens is 286 g/mol. The molecule has 0 fully saturated rings. The van der Waals surface area contributed by atoms with Crippen LogP contribution in [0.25, 0.3) is 0 Å². The first-order chi connectivity index (χ1) is 10.1. The minimum Gasteiger partial charge on any atom is -0.496 e. The van der Waals surface area contributed by atoms with Crippen molar-refractivity contribution < 1.29 is 14.6 Å². The summed E-state index contributed by atoms with van der Waals surface area (Å²) in [6.07, 6.45) is 0.0900. The molecule has 0 aliphatic carbocycles. The lowest BCUT2D eigenvalue weighted by molar-refractivity contribution is -0.136. The predicted molar refractivity (Wildman–Crippen MR) is 83.9 cm³/mol. The number of benzene rings is 1. The molecule has 0 saturated heterocycles. The van der Waals surface area contributed by atoms with E-state index in [1.807, 2.05) is 36.4 Å². The van der Waals surface area contributed by atoms with Gasteiger partial charge in [0, 0.05) is 27.9 Å². The van der Waals surface area contributed by atoms with E-state index in [4.69, 9.17) is 9.84 Å². The van der Waals surface area contributed by atoms with Gasteiger partial charge in [-0.05, 0) is 25.1 Å². The molecule has 0 radical (unpaired) electrons. The first-order valence-electron chi connectivity index (χ1n) is 6.76. The van der Waals surface area contributed by atoms with Gasteiger partial charge in [-0.25, -0.2) is 0 Å². The lowest BCUT2D eigenvalue weighted by Gasteiger charge is -2.16. The van der Waals surface area contributed by atoms with Crippen molar-refractivity contribution in [2.45, 2.75) is 25.9 Å². The number of carbonyl (C=O) groups is 1. The Balaban J connectivity index is 1.96. The number of nitrogens with one attached hydrogen (secondary N) is 1. The molecular formula is C16H19NO3S. The molecule has 2 rings (SSSR count). The number of carboxylic acid groups (broad SMARTS) is 1. The highest BCUT2D eigenvalue weighted by atomic mass is 32.1. The van der Waals surface area contributed by atoms with Crippen LogP contribution >= 0.6 is 11.3 Å². The van der Waals surface area contributed by atoms with Gasteiger partial charge in [0.05, 0.1) is 13.5 Å². The van der Waals surface area contributed by atoms with Crippen LogP contribution in [0.15, 0.2) is 36.4 Å². The van der Waals surface area contributed by atoms with E-state index in [1.165, 1.54) is 11.3 Å². The first-order valence-corrected chi connectivity index (χ1v) is 7.57. The monoisotopic (exact) mass is 305 g/mol. The zero-order valence-corrected chi connectivity index (χ0v) is 12.9. The van der Waals surface area contributed by atoms with Crippen LogP contribution in [0.3, 0.4) is 0 Å². The van der Waals surface area contributed by atoms with Crippen molar-refractivity contribution in [1.29, 1.82) is 0 Å². The van der Waals surface area contributed by atoms with E-state index in [2.05, 4.69) is 12.2 Å². The number of rotatable bonds is 7. The molecule has 21 heavy (non-hydrogen) atoms. The number of thiophene rings is 1. The first kappa shape index (κ1) is 15.5. The molecule has 2 aromatic rings. The molecule has 1 heterocycles. The Morgan fingerprint density at radius 3 is 2.71 bits per heavy atom. The molecule has 1 aromatic heterocycles. The van der Waals surface area contributed by atoms with E-state index in [0.717, 1.165) is 21.1 Å². The van der Waals surface area contributed by atoms with Gasteiger partial charge in [0.2, 0.25) is 0 Å². The van der Waals surface area contributed by atoms with Gasteiger partial charge in [0.25, 0.3) is 0 Å². The highest BCUT2D eigenvalue weighted by molar-refractivity contribution is 7.12. The maximum absolute atomic E-state index is 10.7. The Morgan fingerprint density at radius 2 is 2.00 bits per heavy atom. The minimum absolute atomic E-state index is 0.0900. The predicted octanol–water partition coefficient (Wildman–Crippen LogP) is 3.23. The highest BCUT2D eigenvalue weighted by Gasteiger charge is 2.11. The minimum atomic E-state index is -0.793. The van der Waals surface area contributed by atoms with Gasteiger partial charge in [-0.2, -0.15) is 0 Å². The van der Waals surface area contributed by atoms with Crippen molar-refractivity contribution in [1.82, 2.24) is 5.32 Å². The van der Waals surface area contributed by atoms with E-state index in [-0.39, 0.29) is 12.5 Å². The molecule has 2 N–H and O–H groups in total. The average molecular weight is 305 g/mol. The molecule has 0 bridgehead atoms. The quantitative estimate of drug-likeness (QED) is 0.824. The van der Waals surface area contributed by atoms with Crippen molar-refractivity contribution in [3.05, 3.63) is 51.7 Å². The molecule has 5 heteroatoms. The largest absolute Gasteiger partial charge is 0.496 e. The Bertz CT molecular complexity index is 609. The summed E-state index contributed by atoms with van der Waals surface area (Å²) in [6.45, 7) is 2.80. The summed E-state index contributed by atoms with van der Waals surface area (Å²) in [6, 6.07) is 11.9. The number of carboxylic acids is 1. The molecule has 1 atom stereocenters. The Kier molecular flexibility index (Phi) is 5.36. The van der Waals surface area contributed by atoms with Gasteiger partial charge in [-0.15, -0.1) is 11.3 Å². The van der Waals surface area contributed by atoms with Crippen LogP contribution in [-0.2, 0) is 17.8 Å². The smallest absolute Gasteiger partial charge is 0.308 e. The average Bonchev–Trinajstić information content (AvgIpc) is 2.91. The molecule has 1 unspecified atom stereocenters. The molecule has 112 valence electrons. The van der Waals surface area contributed by atoms with Crippen LogP contribution in [-0.4, -0.2) is 18.2 Å². The third-order valence-electron chi connectivity index (χ3n) is 3.23. The molecule has 0 amide bonds. The normalized spacial score (nSPS) is 12.1. The summed E-state index contributed by atoms with van der Waals surface area (Å²) in [5.41, 5.74) is 1.11. The van der Waals surface area contributed by atoms with Gasteiger partial charge < -0.3 is 15.2 Å². The van der Waals surface area contributed by atoms with Crippen molar-refractivity contribution in [2.75, 3.05) is 7.11 Å². The Hall–Kier alpha value is -1.85. The summed E-state index contributed by atoms with van der Waals surface area (Å²) in [5.74, 6) is 0.0778. The molecule has 0 aliphatic rings. The maximum atomic E-state index is 10.7. The van der Waals surface area contributed by atoms with Crippen LogP contribution in [0.4, 0.5) is 0 Å². The second-order valence-electron chi connectivity index (χ2n) is 4.78. The van der Waals surface area contributed by atoms with Crippen molar-refractivity contribution in [3.63, 3.8) is 0 Å². The third-order valence-corrected chi connectivity index (χ3v) is 4.32. The fraction of sp³-hybridized carbons (Fsp3) is 0.312. The van der Waals surface area contributed by atoms with Crippen LogP contribution in [0.2, 0.25) is 0 Å². The van der Waals surface area contributed by atoms with Crippen LogP contribution in [0.1, 0.15) is 28.3 Å². The summed E-state index contributed by atoms with van der Waals surface area (Å²) in [5, 5.41) is 12.2. The summed E-state index contributed by atoms with van der Waals surface area (Å²) in [4.78, 5) is 12.7. The summed E-state index contributed by atoms with van der Waals surface area (Å²) >= 11 is 1.53. The van der Waals surface area contributed by atoms with E-state index in [0.29, 0.717) is 6.54 Å². The molecule has 1 aromatic carbocycles. The van der Waals surface area contributed by atoms with Crippen LogP contribution in [0, 0.1) is 0 Å². The Labute approximate surface area is 128 Å². The van der Waals surface area contributed by atoms with Crippen LogP contribution < -0.4 is 10.1 Å². The van der Waals surface area contributed by atoms with E-state index >= 15 is 0 Å². The van der Waals surface area contributed by atoms with Gasteiger partial charge in [-0.3, -0.25) is 4.79 Å². The molecule has 4 nitrogen and oxygen atoms in total. The second-order valence-corrected chi connectivity index (χ2v) is 6.04. The standard InChI is InChI=1S/C16H19NO3S/c1-11(14-5-3-4-6-15(14)20-2)17-10-13-8-7-12(21-13)9-16(18)19/h3-8,11,17H,9-10H2,1-2H3,(H,18,19). The fourth-order valence-corrected chi connectivity index (χ4v) is 3.11. The third kappa shape index (κ3) is 4.31. The van der Waals surface area contributed by atoms with Crippen molar-refractivity contribution in [2.24, 2.45) is 0 Å². The van der Waals surface area contributed by atoms with E-state index in [1.54, 1.807) is 7.11 Å². The number of ether oxygens (including phenoxy) is 1. The number of hydrogen-bond acceptors (Lipinski definition) is 4. The maximum Gasteiger partial charge on any atom is 0.308 e. The lowest BCUT2D eigenvalue weighted by atomic mass is 10.1. The fourth-order valence-electron chi connectivity index (χ4n) is 2.15. The second kappa shape index (κ2) is 7.24. The lowest BCUT2D eigenvalue weighted by Crippen LogP contribution is -2.18. The van der Waals surface area contributed by atoms with Crippen molar-refractivity contribution >= 4 is 17.3 Å². The van der Waals surface area contributed by atoms with E-state index < -0.39 is 5.97 Å². The summed E-state index contributed by atoms with van der Waals surface area (Å²) < 4.78 is 5.36. The number of aliphatic carboxylic acids is 1. The van der Waals surface area contributed by atoms with Gasteiger partial charge in [0.15, 0.2) is 0 Å². The summed E-state index contributed by atoms with van der Waals surface area (Å²) in [7, 11) is 1.67. The molecule has 0 spiro atoms. The van der Waals surface area contributed by atoms with Gasteiger partial charge >= 0.3 is 5.97 Å². The number of para-hydroxylation sites is 1. The van der Waals surface area contributed by atoms with Gasteiger partial charge in [0.1, 0.15) is 5.75 Å². The highest BCUT2D eigenvalue weighted by Crippen LogP contribution is 2.25. The van der Waals surface area contributed by atoms with E-state index in [9.17, 15) is 4.79 Å². The topological polar surface area (TPSA) is 58.6 Å². The van der Waals surface area contributed by atoms with Crippen molar-refractivity contribution in [3.8, 4) is 5.75 Å². The zero-order valence-electron chi connectivity index (χ0n) is 12.1. The van der Waals surface area contributed by atoms with Crippen LogP contribution in [0.5, 0.6) is 5.75 Å². The zero-order chi connectivity index (χ0) is 15.2. The SMILES string of the molecule is COc1ccccc1C(C)NCc1ccc(CC(=O)O)s1. The molecule has 0 aliphatic heterocycles. The number of methoxy groups -OCH3 is 1. The molecule has 0 saturated carbocycles. The van der Waals surface area contributed by atoms with Gasteiger partial charge in [-0.1, -0.05) is 18.2 Å².